The quantitative estimate of drug-likeness (QED) is 0.737. The maximum Gasteiger partial charge on any atom is 0.227 e. The molecule has 1 unspecified atom stereocenters. The van der Waals surface area contributed by atoms with E-state index >= 15 is 0 Å². The molecule has 4 heteroatoms. The molecule has 0 aliphatic carbocycles. The van der Waals surface area contributed by atoms with Crippen LogP contribution in [0.3, 0.4) is 0 Å². The molecule has 0 saturated carbocycles. The van der Waals surface area contributed by atoms with Crippen LogP contribution in [-0.4, -0.2) is 42.2 Å². The molecule has 1 atom stereocenters. The molecular weight excluding hydrogens is 240 g/mol. The fourth-order valence-corrected chi connectivity index (χ4v) is 2.11. The zero-order valence-corrected chi connectivity index (χ0v) is 11.6. The molecule has 19 heavy (non-hydrogen) atoms. The monoisotopic (exact) mass is 264 g/mol. The Bertz CT molecular complexity index is 368. The van der Waals surface area contributed by atoms with E-state index in [4.69, 9.17) is 10.8 Å². The van der Waals surface area contributed by atoms with Crippen molar-refractivity contribution in [3.05, 3.63) is 35.9 Å². The van der Waals surface area contributed by atoms with Gasteiger partial charge in [-0.2, -0.15) is 0 Å². The molecule has 0 radical (unpaired) electrons. The van der Waals surface area contributed by atoms with Crippen LogP contribution in [-0.2, 0) is 11.2 Å². The number of nitrogens with zero attached hydrogens (tertiary/aromatic N) is 1. The van der Waals surface area contributed by atoms with Gasteiger partial charge < -0.3 is 15.7 Å². The number of carbonyl (C=O) groups excluding carboxylic acids is 1. The average Bonchev–Trinajstić information content (AvgIpc) is 2.46. The predicted molar refractivity (Wildman–Crippen MR) is 76.6 cm³/mol. The van der Waals surface area contributed by atoms with Crippen LogP contribution < -0.4 is 5.73 Å². The smallest absolute Gasteiger partial charge is 0.227 e. The summed E-state index contributed by atoms with van der Waals surface area (Å²) in [7, 11) is 0. The summed E-state index contributed by atoms with van der Waals surface area (Å²) >= 11 is 0. The molecule has 0 aliphatic rings. The summed E-state index contributed by atoms with van der Waals surface area (Å²) in [5, 5.41) is 8.86. The van der Waals surface area contributed by atoms with Gasteiger partial charge in [0.25, 0.3) is 0 Å². The van der Waals surface area contributed by atoms with E-state index in [0.29, 0.717) is 32.5 Å². The molecule has 1 aromatic carbocycles. The lowest BCUT2D eigenvalue weighted by Crippen LogP contribution is -2.40. The van der Waals surface area contributed by atoms with Crippen molar-refractivity contribution >= 4 is 5.91 Å². The SMILES string of the molecule is CCN(CCCO)C(=O)C(CN)Cc1ccccc1. The first kappa shape index (κ1) is 15.7. The van der Waals surface area contributed by atoms with E-state index in [0.717, 1.165) is 5.56 Å². The van der Waals surface area contributed by atoms with Gasteiger partial charge in [0, 0.05) is 26.2 Å². The maximum absolute atomic E-state index is 12.4. The van der Waals surface area contributed by atoms with Gasteiger partial charge in [-0.3, -0.25) is 4.79 Å². The van der Waals surface area contributed by atoms with E-state index < -0.39 is 0 Å². The Kier molecular flexibility index (Phi) is 7.15. The molecule has 0 fully saturated rings. The number of amides is 1. The summed E-state index contributed by atoms with van der Waals surface area (Å²) in [6, 6.07) is 9.93. The van der Waals surface area contributed by atoms with Crippen molar-refractivity contribution in [1.82, 2.24) is 4.90 Å². The van der Waals surface area contributed by atoms with Gasteiger partial charge in [0.2, 0.25) is 5.91 Å². The Morgan fingerprint density at radius 3 is 2.58 bits per heavy atom. The van der Waals surface area contributed by atoms with Gasteiger partial charge in [-0.25, -0.2) is 0 Å². The molecule has 0 heterocycles. The lowest BCUT2D eigenvalue weighted by Gasteiger charge is -2.25. The summed E-state index contributed by atoms with van der Waals surface area (Å²) in [5.41, 5.74) is 6.87. The van der Waals surface area contributed by atoms with Gasteiger partial charge in [-0.05, 0) is 25.3 Å². The van der Waals surface area contributed by atoms with Crippen molar-refractivity contribution in [2.45, 2.75) is 19.8 Å². The third-order valence-electron chi connectivity index (χ3n) is 3.24. The third-order valence-corrected chi connectivity index (χ3v) is 3.24. The number of aliphatic hydroxyl groups is 1. The van der Waals surface area contributed by atoms with Crippen molar-refractivity contribution in [1.29, 1.82) is 0 Å². The van der Waals surface area contributed by atoms with Crippen LogP contribution >= 0.6 is 0 Å². The van der Waals surface area contributed by atoms with Gasteiger partial charge >= 0.3 is 0 Å². The summed E-state index contributed by atoms with van der Waals surface area (Å²) in [6.45, 7) is 3.66. The highest BCUT2D eigenvalue weighted by molar-refractivity contribution is 5.79. The molecule has 1 amide bonds. The lowest BCUT2D eigenvalue weighted by atomic mass is 9.98. The van der Waals surface area contributed by atoms with Gasteiger partial charge in [-0.1, -0.05) is 30.3 Å². The van der Waals surface area contributed by atoms with Crippen molar-refractivity contribution in [3.8, 4) is 0 Å². The molecule has 1 rings (SSSR count). The topological polar surface area (TPSA) is 66.6 Å². The van der Waals surface area contributed by atoms with Crippen LogP contribution in [0.1, 0.15) is 18.9 Å². The average molecular weight is 264 g/mol. The molecule has 1 aromatic rings. The highest BCUT2D eigenvalue weighted by Gasteiger charge is 2.22. The normalized spacial score (nSPS) is 12.2. The van der Waals surface area contributed by atoms with Crippen LogP contribution in [0.25, 0.3) is 0 Å². The third kappa shape index (κ3) is 5.01. The van der Waals surface area contributed by atoms with Gasteiger partial charge in [0.05, 0.1) is 5.92 Å². The molecule has 0 aromatic heterocycles. The van der Waals surface area contributed by atoms with E-state index in [-0.39, 0.29) is 18.4 Å². The zero-order chi connectivity index (χ0) is 14.1. The number of carbonyl (C=O) groups is 1. The van der Waals surface area contributed by atoms with E-state index in [1.54, 1.807) is 4.90 Å². The second kappa shape index (κ2) is 8.67. The number of hydrogen-bond acceptors (Lipinski definition) is 3. The first-order valence-electron chi connectivity index (χ1n) is 6.86. The van der Waals surface area contributed by atoms with Crippen molar-refractivity contribution in [2.24, 2.45) is 11.7 Å². The minimum Gasteiger partial charge on any atom is -0.396 e. The van der Waals surface area contributed by atoms with Crippen LogP contribution in [0.5, 0.6) is 0 Å². The van der Waals surface area contributed by atoms with E-state index in [2.05, 4.69) is 0 Å². The Morgan fingerprint density at radius 2 is 2.05 bits per heavy atom. The van der Waals surface area contributed by atoms with Crippen molar-refractivity contribution in [2.75, 3.05) is 26.2 Å². The Labute approximate surface area is 115 Å². The molecule has 0 spiro atoms. The van der Waals surface area contributed by atoms with Gasteiger partial charge in [0.1, 0.15) is 0 Å². The summed E-state index contributed by atoms with van der Waals surface area (Å²) in [4.78, 5) is 14.2. The van der Waals surface area contributed by atoms with Gasteiger partial charge in [0.15, 0.2) is 0 Å². The Balaban J connectivity index is 2.64. The number of hydrogen-bond donors (Lipinski definition) is 2. The second-order valence-electron chi connectivity index (χ2n) is 4.62. The first-order chi connectivity index (χ1) is 9.22. The van der Waals surface area contributed by atoms with E-state index in [9.17, 15) is 4.79 Å². The predicted octanol–water partition coefficient (Wildman–Crippen LogP) is 1.03. The van der Waals surface area contributed by atoms with Crippen molar-refractivity contribution < 1.29 is 9.90 Å². The number of nitrogens with two attached hydrogens (primary N) is 1. The molecule has 0 bridgehead atoms. The van der Waals surface area contributed by atoms with Crippen LogP contribution in [0.15, 0.2) is 30.3 Å². The molecule has 106 valence electrons. The minimum atomic E-state index is -0.180. The van der Waals surface area contributed by atoms with E-state index in [1.807, 2.05) is 37.3 Å². The Hall–Kier alpha value is -1.39. The highest BCUT2D eigenvalue weighted by atomic mass is 16.3. The minimum absolute atomic E-state index is 0.0855. The number of aliphatic hydroxyl groups excluding tert-OH is 1. The van der Waals surface area contributed by atoms with Crippen LogP contribution in [0, 0.1) is 5.92 Å². The van der Waals surface area contributed by atoms with E-state index in [1.165, 1.54) is 0 Å². The maximum atomic E-state index is 12.4. The first-order valence-corrected chi connectivity index (χ1v) is 6.86. The molecule has 0 aliphatic heterocycles. The second-order valence-corrected chi connectivity index (χ2v) is 4.62. The standard InChI is InChI=1S/C15H24N2O2/c1-2-17(9-6-10-18)15(19)14(12-16)11-13-7-4-3-5-8-13/h3-5,7-8,14,18H,2,6,9-12,16H2,1H3. The molecule has 4 nitrogen and oxygen atoms in total. The summed E-state index contributed by atoms with van der Waals surface area (Å²) in [5.74, 6) is -0.0941. The van der Waals surface area contributed by atoms with Gasteiger partial charge in [-0.15, -0.1) is 0 Å². The number of rotatable bonds is 8. The largest absolute Gasteiger partial charge is 0.396 e. The highest BCUT2D eigenvalue weighted by Crippen LogP contribution is 2.11. The molecule has 3 N–H and O–H groups in total. The fraction of sp³-hybridized carbons (Fsp3) is 0.533. The zero-order valence-electron chi connectivity index (χ0n) is 11.6. The van der Waals surface area contributed by atoms with Crippen molar-refractivity contribution in [3.63, 3.8) is 0 Å². The molecular formula is C15H24N2O2. The van der Waals surface area contributed by atoms with Crippen LogP contribution in [0.4, 0.5) is 0 Å². The van der Waals surface area contributed by atoms with Crippen LogP contribution in [0.2, 0.25) is 0 Å². The summed E-state index contributed by atoms with van der Waals surface area (Å²) < 4.78 is 0. The lowest BCUT2D eigenvalue weighted by molar-refractivity contribution is -0.135. The molecule has 0 saturated heterocycles. The number of benzene rings is 1. The Morgan fingerprint density at radius 1 is 1.37 bits per heavy atom. The summed E-state index contributed by atoms with van der Waals surface area (Å²) in [6.07, 6.45) is 1.29. The fourth-order valence-electron chi connectivity index (χ4n) is 2.11.